The van der Waals surface area contributed by atoms with Crippen LogP contribution in [0.15, 0.2) is 22.7 Å². The number of nitrogens with two attached hydrogens (primary N) is 1. The second-order valence-corrected chi connectivity index (χ2v) is 5.55. The molecule has 1 aromatic carbocycles. The molecule has 0 amide bonds. The standard InChI is InChI=1S/C15H24BrNO/c1-3-4-5-6-8-12(2)18-15-10-7-9-14(16)13(15)11-17/h7,9-10,12H,3-6,8,11,17H2,1-2H3. The molecule has 3 heteroatoms. The minimum absolute atomic E-state index is 0.251. The summed E-state index contributed by atoms with van der Waals surface area (Å²) in [5, 5.41) is 0. The molecule has 2 nitrogen and oxygen atoms in total. The molecule has 2 N–H and O–H groups in total. The molecule has 0 bridgehead atoms. The first kappa shape index (κ1) is 15.5. The molecule has 1 rings (SSSR count). The zero-order chi connectivity index (χ0) is 13.4. The normalized spacial score (nSPS) is 12.4. The second-order valence-electron chi connectivity index (χ2n) is 4.70. The first-order valence-corrected chi connectivity index (χ1v) is 7.62. The quantitative estimate of drug-likeness (QED) is 0.709. The van der Waals surface area contributed by atoms with Crippen LogP contribution in [0.2, 0.25) is 0 Å². The Bertz CT molecular complexity index is 354. The molecule has 0 aromatic heterocycles. The molecule has 0 radical (unpaired) electrons. The monoisotopic (exact) mass is 313 g/mol. The number of benzene rings is 1. The van der Waals surface area contributed by atoms with Gasteiger partial charge in [-0.05, 0) is 31.9 Å². The highest BCUT2D eigenvalue weighted by atomic mass is 79.9. The average molecular weight is 314 g/mol. The summed E-state index contributed by atoms with van der Waals surface area (Å²) in [6.45, 7) is 4.86. The van der Waals surface area contributed by atoms with Crippen molar-refractivity contribution in [2.24, 2.45) is 5.73 Å². The summed E-state index contributed by atoms with van der Waals surface area (Å²) >= 11 is 3.51. The van der Waals surface area contributed by atoms with Crippen molar-refractivity contribution >= 4 is 15.9 Å². The van der Waals surface area contributed by atoms with Gasteiger partial charge in [0.1, 0.15) is 5.75 Å². The van der Waals surface area contributed by atoms with Crippen LogP contribution in [0.25, 0.3) is 0 Å². The van der Waals surface area contributed by atoms with Gasteiger partial charge < -0.3 is 10.5 Å². The molecule has 0 spiro atoms. The van der Waals surface area contributed by atoms with Crippen molar-refractivity contribution in [3.05, 3.63) is 28.2 Å². The Labute approximate surface area is 119 Å². The Balaban J connectivity index is 2.48. The average Bonchev–Trinajstić information content (AvgIpc) is 2.35. The Morgan fingerprint density at radius 3 is 2.72 bits per heavy atom. The first-order chi connectivity index (χ1) is 8.69. The Hall–Kier alpha value is -0.540. The minimum atomic E-state index is 0.251. The van der Waals surface area contributed by atoms with Gasteiger partial charge in [-0.3, -0.25) is 0 Å². The largest absolute Gasteiger partial charge is 0.490 e. The van der Waals surface area contributed by atoms with Crippen LogP contribution in [-0.4, -0.2) is 6.10 Å². The second kappa shape index (κ2) is 8.54. The maximum Gasteiger partial charge on any atom is 0.125 e. The summed E-state index contributed by atoms with van der Waals surface area (Å²) in [5.74, 6) is 0.912. The minimum Gasteiger partial charge on any atom is -0.490 e. The molecule has 0 heterocycles. The van der Waals surface area contributed by atoms with Crippen LogP contribution in [0, 0.1) is 0 Å². The molecule has 102 valence electrons. The molecule has 0 aliphatic carbocycles. The third kappa shape index (κ3) is 4.99. The lowest BCUT2D eigenvalue weighted by Crippen LogP contribution is -2.13. The van der Waals surface area contributed by atoms with Crippen molar-refractivity contribution in [3.63, 3.8) is 0 Å². The lowest BCUT2D eigenvalue weighted by molar-refractivity contribution is 0.204. The van der Waals surface area contributed by atoms with Crippen molar-refractivity contribution in [2.75, 3.05) is 0 Å². The molecule has 0 aliphatic rings. The van der Waals surface area contributed by atoms with Crippen LogP contribution in [0.5, 0.6) is 5.75 Å². The Morgan fingerprint density at radius 1 is 1.28 bits per heavy atom. The number of rotatable bonds is 8. The number of hydrogen-bond donors (Lipinski definition) is 1. The highest BCUT2D eigenvalue weighted by molar-refractivity contribution is 9.10. The summed E-state index contributed by atoms with van der Waals surface area (Å²) < 4.78 is 7.02. The fraction of sp³-hybridized carbons (Fsp3) is 0.600. The van der Waals surface area contributed by atoms with E-state index in [9.17, 15) is 0 Å². The van der Waals surface area contributed by atoms with Gasteiger partial charge in [-0.2, -0.15) is 0 Å². The SMILES string of the molecule is CCCCCCC(C)Oc1cccc(Br)c1CN. The molecule has 0 saturated heterocycles. The van der Waals surface area contributed by atoms with E-state index in [0.717, 1.165) is 22.2 Å². The molecule has 18 heavy (non-hydrogen) atoms. The Kier molecular flexibility index (Phi) is 7.36. The van der Waals surface area contributed by atoms with Gasteiger partial charge in [0.2, 0.25) is 0 Å². The van der Waals surface area contributed by atoms with Crippen molar-refractivity contribution in [1.82, 2.24) is 0 Å². The van der Waals surface area contributed by atoms with Crippen molar-refractivity contribution < 1.29 is 4.74 Å². The zero-order valence-corrected chi connectivity index (χ0v) is 13.0. The summed E-state index contributed by atoms with van der Waals surface area (Å²) in [4.78, 5) is 0. The van der Waals surface area contributed by atoms with Gasteiger partial charge in [0.25, 0.3) is 0 Å². The fourth-order valence-corrected chi connectivity index (χ4v) is 2.49. The van der Waals surface area contributed by atoms with Crippen LogP contribution < -0.4 is 10.5 Å². The van der Waals surface area contributed by atoms with Gasteiger partial charge in [-0.15, -0.1) is 0 Å². The predicted octanol–water partition coefficient (Wildman–Crippen LogP) is 4.65. The zero-order valence-electron chi connectivity index (χ0n) is 11.4. The summed E-state index contributed by atoms with van der Waals surface area (Å²) in [5.41, 5.74) is 6.81. The van der Waals surface area contributed by atoms with Crippen LogP contribution >= 0.6 is 15.9 Å². The topological polar surface area (TPSA) is 35.2 Å². The molecule has 1 unspecified atom stereocenters. The molecule has 1 atom stereocenters. The maximum absolute atomic E-state index is 5.99. The van der Waals surface area contributed by atoms with Gasteiger partial charge in [0, 0.05) is 16.6 Å². The van der Waals surface area contributed by atoms with Crippen LogP contribution in [0.4, 0.5) is 0 Å². The summed E-state index contributed by atoms with van der Waals surface area (Å²) in [7, 11) is 0. The molecular weight excluding hydrogens is 290 g/mol. The maximum atomic E-state index is 5.99. The van der Waals surface area contributed by atoms with Crippen LogP contribution in [0.1, 0.15) is 51.5 Å². The van der Waals surface area contributed by atoms with Gasteiger partial charge >= 0.3 is 0 Å². The first-order valence-electron chi connectivity index (χ1n) is 6.83. The van der Waals surface area contributed by atoms with E-state index in [1.807, 2.05) is 18.2 Å². The number of unbranched alkanes of at least 4 members (excludes halogenated alkanes) is 3. The lowest BCUT2D eigenvalue weighted by atomic mass is 10.1. The van der Waals surface area contributed by atoms with E-state index in [4.69, 9.17) is 10.5 Å². The van der Waals surface area contributed by atoms with E-state index in [-0.39, 0.29) is 6.10 Å². The van der Waals surface area contributed by atoms with Gasteiger partial charge in [0.15, 0.2) is 0 Å². The fourth-order valence-electron chi connectivity index (χ4n) is 1.98. The van der Waals surface area contributed by atoms with E-state index >= 15 is 0 Å². The highest BCUT2D eigenvalue weighted by Crippen LogP contribution is 2.27. The number of halogens is 1. The van der Waals surface area contributed by atoms with Gasteiger partial charge in [0.05, 0.1) is 6.10 Å². The van der Waals surface area contributed by atoms with E-state index in [1.165, 1.54) is 25.7 Å². The third-order valence-corrected chi connectivity index (χ3v) is 3.82. The summed E-state index contributed by atoms with van der Waals surface area (Å²) in [6, 6.07) is 5.98. The smallest absolute Gasteiger partial charge is 0.125 e. The molecule has 0 fully saturated rings. The molecule has 1 aromatic rings. The third-order valence-electron chi connectivity index (χ3n) is 3.07. The van der Waals surface area contributed by atoms with E-state index in [0.29, 0.717) is 6.54 Å². The lowest BCUT2D eigenvalue weighted by Gasteiger charge is -2.17. The predicted molar refractivity (Wildman–Crippen MR) is 80.9 cm³/mol. The Morgan fingerprint density at radius 2 is 2.06 bits per heavy atom. The van der Waals surface area contributed by atoms with Crippen molar-refractivity contribution in [3.8, 4) is 5.75 Å². The molecular formula is C15H24BrNO. The van der Waals surface area contributed by atoms with E-state index < -0.39 is 0 Å². The van der Waals surface area contributed by atoms with E-state index in [2.05, 4.69) is 29.8 Å². The molecule has 0 aliphatic heterocycles. The van der Waals surface area contributed by atoms with Gasteiger partial charge in [-0.1, -0.05) is 48.2 Å². The number of hydrogen-bond acceptors (Lipinski definition) is 2. The number of ether oxygens (including phenoxy) is 1. The van der Waals surface area contributed by atoms with Gasteiger partial charge in [-0.25, -0.2) is 0 Å². The van der Waals surface area contributed by atoms with E-state index in [1.54, 1.807) is 0 Å². The molecule has 0 saturated carbocycles. The summed E-state index contributed by atoms with van der Waals surface area (Å²) in [6.07, 6.45) is 6.49. The van der Waals surface area contributed by atoms with Crippen LogP contribution in [0.3, 0.4) is 0 Å². The van der Waals surface area contributed by atoms with Crippen molar-refractivity contribution in [1.29, 1.82) is 0 Å². The van der Waals surface area contributed by atoms with Crippen LogP contribution in [-0.2, 0) is 6.54 Å². The van der Waals surface area contributed by atoms with Crippen molar-refractivity contribution in [2.45, 2.75) is 58.6 Å². The highest BCUT2D eigenvalue weighted by Gasteiger charge is 2.09.